The number of thioether (sulfide) groups is 1. The highest BCUT2D eigenvalue weighted by atomic mass is 32.2. The summed E-state index contributed by atoms with van der Waals surface area (Å²) in [6.07, 6.45) is 7.71. The molecule has 0 aliphatic heterocycles. The lowest BCUT2D eigenvalue weighted by atomic mass is 9.98. The van der Waals surface area contributed by atoms with Crippen molar-refractivity contribution in [1.82, 2.24) is 5.32 Å². The number of rotatable bonds is 9. The van der Waals surface area contributed by atoms with Crippen LogP contribution in [-0.4, -0.2) is 24.6 Å². The minimum Gasteiger partial charge on any atom is -0.314 e. The third kappa shape index (κ3) is 7.69. The van der Waals surface area contributed by atoms with Crippen LogP contribution in [0.4, 0.5) is 0 Å². The summed E-state index contributed by atoms with van der Waals surface area (Å²) >= 11 is 1.96. The van der Waals surface area contributed by atoms with Gasteiger partial charge >= 0.3 is 0 Å². The zero-order valence-electron chi connectivity index (χ0n) is 10.3. The number of unbranched alkanes of at least 4 members (excludes halogenated alkanes) is 2. The first-order valence-corrected chi connectivity index (χ1v) is 7.34. The Labute approximate surface area is 94.4 Å². The van der Waals surface area contributed by atoms with E-state index < -0.39 is 0 Å². The molecule has 0 saturated heterocycles. The van der Waals surface area contributed by atoms with Gasteiger partial charge in [-0.1, -0.05) is 33.6 Å². The summed E-state index contributed by atoms with van der Waals surface area (Å²) in [6, 6.07) is 0.731. The maximum absolute atomic E-state index is 3.57. The van der Waals surface area contributed by atoms with Gasteiger partial charge in [0.05, 0.1) is 0 Å². The van der Waals surface area contributed by atoms with Gasteiger partial charge in [0.15, 0.2) is 0 Å². The van der Waals surface area contributed by atoms with Crippen molar-refractivity contribution in [2.75, 3.05) is 18.6 Å². The van der Waals surface area contributed by atoms with Crippen LogP contribution in [-0.2, 0) is 0 Å². The normalized spacial score (nSPS) is 13.5. The monoisotopic (exact) mass is 217 g/mol. The molecule has 2 heteroatoms. The molecule has 1 N–H and O–H groups in total. The summed E-state index contributed by atoms with van der Waals surface area (Å²) in [7, 11) is 0. The summed E-state index contributed by atoms with van der Waals surface area (Å²) < 4.78 is 0. The number of hydrogen-bond donors (Lipinski definition) is 1. The van der Waals surface area contributed by atoms with Crippen LogP contribution in [0.1, 0.15) is 46.5 Å². The van der Waals surface area contributed by atoms with Gasteiger partial charge in [-0.15, -0.1) is 0 Å². The van der Waals surface area contributed by atoms with Crippen molar-refractivity contribution in [1.29, 1.82) is 0 Å². The van der Waals surface area contributed by atoms with E-state index in [4.69, 9.17) is 0 Å². The van der Waals surface area contributed by atoms with Crippen molar-refractivity contribution in [3.8, 4) is 0 Å². The van der Waals surface area contributed by atoms with Crippen molar-refractivity contribution in [3.05, 3.63) is 0 Å². The lowest BCUT2D eigenvalue weighted by molar-refractivity contribution is 0.373. The maximum Gasteiger partial charge on any atom is 0.00899 e. The Bertz CT molecular complexity index is 115. The Morgan fingerprint density at radius 2 is 1.86 bits per heavy atom. The third-order valence-corrected chi connectivity index (χ3v) is 3.33. The number of hydrogen-bond acceptors (Lipinski definition) is 2. The fourth-order valence-electron chi connectivity index (χ4n) is 1.72. The molecule has 0 aromatic carbocycles. The van der Waals surface area contributed by atoms with Crippen molar-refractivity contribution in [2.45, 2.75) is 52.5 Å². The summed E-state index contributed by atoms with van der Waals surface area (Å²) in [5.74, 6) is 2.10. The first kappa shape index (κ1) is 14.3. The quantitative estimate of drug-likeness (QED) is 0.593. The van der Waals surface area contributed by atoms with Crippen LogP contribution in [0.3, 0.4) is 0 Å². The van der Waals surface area contributed by atoms with Crippen LogP contribution in [0.5, 0.6) is 0 Å². The summed E-state index contributed by atoms with van der Waals surface area (Å²) in [5.41, 5.74) is 0. The molecule has 0 fully saturated rings. The molecule has 14 heavy (non-hydrogen) atoms. The molecule has 86 valence electrons. The van der Waals surface area contributed by atoms with E-state index in [1.54, 1.807) is 0 Å². The van der Waals surface area contributed by atoms with Crippen LogP contribution in [0.15, 0.2) is 0 Å². The van der Waals surface area contributed by atoms with E-state index in [9.17, 15) is 0 Å². The van der Waals surface area contributed by atoms with Gasteiger partial charge in [0, 0.05) is 6.04 Å². The minimum absolute atomic E-state index is 0.731. The van der Waals surface area contributed by atoms with E-state index in [1.807, 2.05) is 11.8 Å². The Kier molecular flexibility index (Phi) is 10.1. The molecular weight excluding hydrogens is 190 g/mol. The van der Waals surface area contributed by atoms with Crippen LogP contribution >= 0.6 is 11.8 Å². The van der Waals surface area contributed by atoms with Gasteiger partial charge in [0.1, 0.15) is 0 Å². The molecule has 0 bridgehead atoms. The van der Waals surface area contributed by atoms with E-state index >= 15 is 0 Å². The molecule has 0 rings (SSSR count). The lowest BCUT2D eigenvalue weighted by Gasteiger charge is -2.21. The molecule has 0 radical (unpaired) electrons. The zero-order valence-corrected chi connectivity index (χ0v) is 11.1. The second-order valence-corrected chi connectivity index (χ2v) is 5.24. The highest BCUT2D eigenvalue weighted by molar-refractivity contribution is 7.98. The smallest absolute Gasteiger partial charge is 0.00899 e. The van der Waals surface area contributed by atoms with Gasteiger partial charge in [-0.3, -0.25) is 0 Å². The maximum atomic E-state index is 3.57. The van der Waals surface area contributed by atoms with Gasteiger partial charge in [-0.05, 0) is 37.3 Å². The summed E-state index contributed by atoms with van der Waals surface area (Å²) in [5, 5.41) is 3.57. The van der Waals surface area contributed by atoms with E-state index in [0.29, 0.717) is 0 Å². The minimum atomic E-state index is 0.731. The average Bonchev–Trinajstić information content (AvgIpc) is 2.15. The Balaban J connectivity index is 3.41. The first-order chi connectivity index (χ1) is 6.72. The molecular formula is C12H27NS. The highest BCUT2D eigenvalue weighted by Crippen LogP contribution is 2.12. The van der Waals surface area contributed by atoms with Gasteiger partial charge < -0.3 is 5.32 Å². The number of nitrogens with one attached hydrogen (secondary N) is 1. The molecule has 1 atom stereocenters. The molecule has 0 aliphatic carbocycles. The largest absolute Gasteiger partial charge is 0.314 e. The van der Waals surface area contributed by atoms with Crippen LogP contribution < -0.4 is 5.32 Å². The van der Waals surface area contributed by atoms with Gasteiger partial charge in [0.25, 0.3) is 0 Å². The van der Waals surface area contributed by atoms with Crippen LogP contribution in [0.2, 0.25) is 0 Å². The summed E-state index contributed by atoms with van der Waals surface area (Å²) in [4.78, 5) is 0. The molecule has 0 amide bonds. The van der Waals surface area contributed by atoms with E-state index in [0.717, 1.165) is 18.5 Å². The van der Waals surface area contributed by atoms with Gasteiger partial charge in [0.2, 0.25) is 0 Å². The molecule has 0 aliphatic rings. The molecule has 0 heterocycles. The van der Waals surface area contributed by atoms with E-state index in [-0.39, 0.29) is 0 Å². The molecule has 0 aromatic rings. The van der Waals surface area contributed by atoms with Crippen molar-refractivity contribution in [2.24, 2.45) is 5.92 Å². The molecule has 1 unspecified atom stereocenters. The van der Waals surface area contributed by atoms with Gasteiger partial charge in [-0.25, -0.2) is 0 Å². The SMILES string of the molecule is CCNC(CCCCCSC)C(C)C. The third-order valence-electron chi connectivity index (χ3n) is 2.63. The predicted octanol–water partition coefficient (Wildman–Crippen LogP) is 3.54. The molecule has 0 saturated carbocycles. The zero-order chi connectivity index (χ0) is 10.8. The van der Waals surface area contributed by atoms with Crippen LogP contribution in [0, 0.1) is 5.92 Å². The Morgan fingerprint density at radius 3 is 2.36 bits per heavy atom. The molecule has 1 nitrogen and oxygen atoms in total. The summed E-state index contributed by atoms with van der Waals surface area (Å²) in [6.45, 7) is 7.93. The topological polar surface area (TPSA) is 12.0 Å². The van der Waals surface area contributed by atoms with E-state index in [1.165, 1.54) is 31.4 Å². The Hall–Kier alpha value is 0.310. The molecule has 0 spiro atoms. The highest BCUT2D eigenvalue weighted by Gasteiger charge is 2.10. The lowest BCUT2D eigenvalue weighted by Crippen LogP contribution is -2.33. The van der Waals surface area contributed by atoms with Gasteiger partial charge in [-0.2, -0.15) is 11.8 Å². The second-order valence-electron chi connectivity index (χ2n) is 4.25. The van der Waals surface area contributed by atoms with E-state index in [2.05, 4.69) is 32.3 Å². The fraction of sp³-hybridized carbons (Fsp3) is 1.00. The average molecular weight is 217 g/mol. The fourth-order valence-corrected chi connectivity index (χ4v) is 2.21. The Morgan fingerprint density at radius 1 is 1.14 bits per heavy atom. The van der Waals surface area contributed by atoms with Crippen molar-refractivity contribution < 1.29 is 0 Å². The standard InChI is InChI=1S/C12H27NS/c1-5-13-12(11(2)3)9-7-6-8-10-14-4/h11-13H,5-10H2,1-4H3. The second kappa shape index (κ2) is 9.85. The van der Waals surface area contributed by atoms with Crippen molar-refractivity contribution >= 4 is 11.8 Å². The predicted molar refractivity (Wildman–Crippen MR) is 69.2 cm³/mol. The van der Waals surface area contributed by atoms with Crippen LogP contribution in [0.25, 0.3) is 0 Å². The molecule has 0 aromatic heterocycles. The first-order valence-electron chi connectivity index (χ1n) is 5.94. The van der Waals surface area contributed by atoms with Crippen molar-refractivity contribution in [3.63, 3.8) is 0 Å².